The SMILES string of the molecule is Cc1oc(-c2ccc(F)cc2)nc1COc1cccc(Cn2oc(=O)[nH]c2=O)c1. The lowest BCUT2D eigenvalue weighted by Crippen LogP contribution is -2.17. The molecule has 0 saturated heterocycles. The molecule has 29 heavy (non-hydrogen) atoms. The molecule has 2 aromatic carbocycles. The molecule has 0 radical (unpaired) electrons. The van der Waals surface area contributed by atoms with Gasteiger partial charge in [0.1, 0.15) is 29.6 Å². The van der Waals surface area contributed by atoms with Crippen LogP contribution in [0.4, 0.5) is 4.39 Å². The Labute approximate surface area is 163 Å². The molecule has 8 nitrogen and oxygen atoms in total. The molecule has 0 aliphatic rings. The molecule has 0 spiro atoms. The number of rotatable bonds is 6. The fourth-order valence-electron chi connectivity index (χ4n) is 2.75. The van der Waals surface area contributed by atoms with E-state index in [1.54, 1.807) is 43.3 Å². The molecule has 0 atom stereocenters. The highest BCUT2D eigenvalue weighted by Gasteiger charge is 2.12. The van der Waals surface area contributed by atoms with Crippen LogP contribution >= 0.6 is 0 Å². The van der Waals surface area contributed by atoms with Crippen LogP contribution in [0.3, 0.4) is 0 Å². The maximum absolute atomic E-state index is 13.1. The summed E-state index contributed by atoms with van der Waals surface area (Å²) in [6, 6.07) is 12.9. The summed E-state index contributed by atoms with van der Waals surface area (Å²) in [7, 11) is 0. The number of hydrogen-bond acceptors (Lipinski definition) is 6. The van der Waals surface area contributed by atoms with Gasteiger partial charge >= 0.3 is 11.4 Å². The molecule has 1 N–H and O–H groups in total. The molecule has 0 aliphatic heterocycles. The molecular formula is C20H16FN3O5. The number of nitrogens with one attached hydrogen (secondary N) is 1. The van der Waals surface area contributed by atoms with Crippen molar-refractivity contribution in [1.82, 2.24) is 14.7 Å². The van der Waals surface area contributed by atoms with Crippen LogP contribution in [-0.2, 0) is 13.2 Å². The van der Waals surface area contributed by atoms with Gasteiger partial charge < -0.3 is 13.7 Å². The van der Waals surface area contributed by atoms with E-state index in [2.05, 4.69) is 4.98 Å². The minimum Gasteiger partial charge on any atom is -0.487 e. The van der Waals surface area contributed by atoms with E-state index >= 15 is 0 Å². The number of oxazole rings is 1. The predicted octanol–water partition coefficient (Wildman–Crippen LogP) is 2.86. The van der Waals surface area contributed by atoms with Crippen LogP contribution in [0.15, 0.2) is 67.1 Å². The number of hydrogen-bond donors (Lipinski definition) is 1. The van der Waals surface area contributed by atoms with Crippen LogP contribution in [0, 0.1) is 12.7 Å². The van der Waals surface area contributed by atoms with Crippen molar-refractivity contribution in [3.63, 3.8) is 0 Å². The predicted molar refractivity (Wildman–Crippen MR) is 100 cm³/mol. The fraction of sp³-hybridized carbons (Fsp3) is 0.150. The van der Waals surface area contributed by atoms with Crippen molar-refractivity contribution in [2.24, 2.45) is 0 Å². The number of aryl methyl sites for hydroxylation is 1. The topological polar surface area (TPSA) is 103 Å². The van der Waals surface area contributed by atoms with Crippen LogP contribution < -0.4 is 16.2 Å². The minimum atomic E-state index is -0.805. The highest BCUT2D eigenvalue weighted by molar-refractivity contribution is 5.53. The van der Waals surface area contributed by atoms with E-state index in [-0.39, 0.29) is 19.0 Å². The molecule has 148 valence electrons. The Morgan fingerprint density at radius 3 is 2.69 bits per heavy atom. The molecule has 4 rings (SSSR count). The van der Waals surface area contributed by atoms with E-state index in [0.717, 1.165) is 10.3 Å². The first-order valence-corrected chi connectivity index (χ1v) is 8.72. The number of nitrogens with zero attached hydrogens (tertiary/aromatic N) is 2. The van der Waals surface area contributed by atoms with Gasteiger partial charge in [-0.05, 0) is 48.9 Å². The Bertz CT molecular complexity index is 1250. The van der Waals surface area contributed by atoms with E-state index in [1.165, 1.54) is 12.1 Å². The summed E-state index contributed by atoms with van der Waals surface area (Å²) >= 11 is 0. The Hall–Kier alpha value is -3.88. The number of ether oxygens (including phenoxy) is 1. The average molecular weight is 397 g/mol. The van der Waals surface area contributed by atoms with Gasteiger partial charge in [0.15, 0.2) is 0 Å². The van der Waals surface area contributed by atoms with Crippen molar-refractivity contribution in [3.8, 4) is 17.2 Å². The lowest BCUT2D eigenvalue weighted by molar-refractivity contribution is 0.257. The first-order chi connectivity index (χ1) is 14.0. The summed E-state index contributed by atoms with van der Waals surface area (Å²) in [5.74, 6) is 0.402. The highest BCUT2D eigenvalue weighted by atomic mass is 19.1. The van der Waals surface area contributed by atoms with E-state index in [4.69, 9.17) is 13.7 Å². The molecule has 0 bridgehead atoms. The summed E-state index contributed by atoms with van der Waals surface area (Å²) in [6.45, 7) is 2.03. The van der Waals surface area contributed by atoms with Gasteiger partial charge in [-0.25, -0.2) is 23.9 Å². The fourth-order valence-corrected chi connectivity index (χ4v) is 2.75. The molecule has 9 heteroatoms. The molecule has 4 aromatic rings. The van der Waals surface area contributed by atoms with Gasteiger partial charge in [0.05, 0.1) is 6.54 Å². The van der Waals surface area contributed by atoms with Crippen molar-refractivity contribution < 1.29 is 18.1 Å². The zero-order valence-electron chi connectivity index (χ0n) is 15.3. The Balaban J connectivity index is 1.47. The van der Waals surface area contributed by atoms with Gasteiger partial charge in [0.25, 0.3) is 0 Å². The third-order valence-electron chi connectivity index (χ3n) is 4.21. The van der Waals surface area contributed by atoms with Crippen molar-refractivity contribution in [3.05, 3.63) is 92.4 Å². The second-order valence-electron chi connectivity index (χ2n) is 6.31. The molecular weight excluding hydrogens is 381 g/mol. The smallest absolute Gasteiger partial charge is 0.440 e. The lowest BCUT2D eigenvalue weighted by atomic mass is 10.2. The first-order valence-electron chi connectivity index (χ1n) is 8.72. The minimum absolute atomic E-state index is 0.0898. The van der Waals surface area contributed by atoms with Crippen LogP contribution in [0.2, 0.25) is 0 Å². The van der Waals surface area contributed by atoms with E-state index in [0.29, 0.717) is 28.7 Å². The number of aromatic nitrogens is 3. The molecule has 0 unspecified atom stereocenters. The summed E-state index contributed by atoms with van der Waals surface area (Å²) < 4.78 is 30.2. The van der Waals surface area contributed by atoms with Gasteiger partial charge in [-0.2, -0.15) is 0 Å². The summed E-state index contributed by atoms with van der Waals surface area (Å²) in [5.41, 5.74) is 1.38. The molecule has 0 fully saturated rings. The van der Waals surface area contributed by atoms with Crippen LogP contribution in [0.5, 0.6) is 5.75 Å². The number of H-pyrrole nitrogens is 1. The summed E-state index contributed by atoms with van der Waals surface area (Å²) in [4.78, 5) is 29.1. The number of aromatic amines is 1. The third kappa shape index (κ3) is 4.18. The highest BCUT2D eigenvalue weighted by Crippen LogP contribution is 2.23. The molecule has 2 heterocycles. The van der Waals surface area contributed by atoms with Gasteiger partial charge in [0, 0.05) is 5.56 Å². The monoisotopic (exact) mass is 397 g/mol. The maximum atomic E-state index is 13.1. The zero-order chi connectivity index (χ0) is 20.4. The number of benzene rings is 2. The van der Waals surface area contributed by atoms with Crippen LogP contribution in [0.25, 0.3) is 11.5 Å². The van der Waals surface area contributed by atoms with Gasteiger partial charge in [-0.3, -0.25) is 0 Å². The molecule has 2 aromatic heterocycles. The second-order valence-corrected chi connectivity index (χ2v) is 6.31. The Morgan fingerprint density at radius 1 is 1.17 bits per heavy atom. The first kappa shape index (κ1) is 18.5. The summed E-state index contributed by atoms with van der Waals surface area (Å²) in [5, 5.41) is 0. The van der Waals surface area contributed by atoms with Crippen molar-refractivity contribution in [2.75, 3.05) is 0 Å². The van der Waals surface area contributed by atoms with Crippen molar-refractivity contribution in [2.45, 2.75) is 20.1 Å². The van der Waals surface area contributed by atoms with Crippen LogP contribution in [-0.4, -0.2) is 14.7 Å². The summed E-state index contributed by atoms with van der Waals surface area (Å²) in [6.07, 6.45) is 0. The maximum Gasteiger partial charge on any atom is 0.440 e. The molecule has 0 amide bonds. The standard InChI is InChI=1S/C20H16FN3O5/c1-12-17(22-18(28-12)14-5-7-15(21)8-6-14)11-27-16-4-2-3-13(9-16)10-24-19(25)23-20(26)29-24/h2-9H,10-11H2,1H3,(H,23,25,26). The van der Waals surface area contributed by atoms with E-state index < -0.39 is 11.4 Å². The van der Waals surface area contributed by atoms with Crippen LogP contribution in [0.1, 0.15) is 17.0 Å². The van der Waals surface area contributed by atoms with Crippen molar-refractivity contribution in [1.29, 1.82) is 0 Å². The van der Waals surface area contributed by atoms with E-state index in [1.807, 2.05) is 4.98 Å². The average Bonchev–Trinajstić information content (AvgIpc) is 3.22. The Morgan fingerprint density at radius 2 is 1.97 bits per heavy atom. The van der Waals surface area contributed by atoms with Gasteiger partial charge in [-0.15, -0.1) is 4.74 Å². The third-order valence-corrected chi connectivity index (χ3v) is 4.21. The normalized spacial score (nSPS) is 11.0. The van der Waals surface area contributed by atoms with E-state index in [9.17, 15) is 14.0 Å². The van der Waals surface area contributed by atoms with Gasteiger partial charge in [0.2, 0.25) is 5.89 Å². The Kier molecular flexibility index (Phi) is 4.86. The quantitative estimate of drug-likeness (QED) is 0.537. The molecule has 0 aliphatic carbocycles. The molecule has 0 saturated carbocycles. The number of halogens is 1. The van der Waals surface area contributed by atoms with Gasteiger partial charge in [-0.1, -0.05) is 12.1 Å². The zero-order valence-corrected chi connectivity index (χ0v) is 15.3. The second kappa shape index (κ2) is 7.63. The lowest BCUT2D eigenvalue weighted by Gasteiger charge is -2.06. The van der Waals surface area contributed by atoms with Crippen molar-refractivity contribution >= 4 is 0 Å². The largest absolute Gasteiger partial charge is 0.487 e.